The molecule has 0 spiro atoms. The Labute approximate surface area is 161 Å². The fourth-order valence-corrected chi connectivity index (χ4v) is 3.39. The molecule has 1 aromatic heterocycles. The van der Waals surface area contributed by atoms with Crippen LogP contribution in [0.5, 0.6) is 0 Å². The topological polar surface area (TPSA) is 62.5 Å². The number of amides is 1. The second-order valence-corrected chi connectivity index (χ2v) is 7.03. The third kappa shape index (κ3) is 4.19. The lowest BCUT2D eigenvalue weighted by molar-refractivity contribution is -0.206. The summed E-state index contributed by atoms with van der Waals surface area (Å²) < 4.78 is 79.8. The van der Waals surface area contributed by atoms with Crippen LogP contribution in [0.4, 0.5) is 26.3 Å². The van der Waals surface area contributed by atoms with Gasteiger partial charge < -0.3 is 10.7 Å². The summed E-state index contributed by atoms with van der Waals surface area (Å²) in [5, 5.41) is 1.39. The summed E-state index contributed by atoms with van der Waals surface area (Å²) in [5.74, 6) is -1.82. The molecule has 28 heavy (non-hydrogen) atoms. The van der Waals surface area contributed by atoms with Crippen LogP contribution in [0.1, 0.15) is 31.1 Å². The van der Waals surface area contributed by atoms with Gasteiger partial charge in [-0.1, -0.05) is 25.4 Å². The van der Waals surface area contributed by atoms with Gasteiger partial charge in [-0.05, 0) is 12.0 Å². The Morgan fingerprint density at radius 1 is 1.25 bits per heavy atom. The van der Waals surface area contributed by atoms with Crippen LogP contribution < -0.4 is 5.73 Å². The van der Waals surface area contributed by atoms with Crippen LogP contribution in [-0.4, -0.2) is 40.2 Å². The van der Waals surface area contributed by atoms with E-state index in [1.54, 1.807) is 13.8 Å². The number of carbonyl (C=O) groups excluding carboxylic acids is 1. The Balaban J connectivity index is 2.59. The van der Waals surface area contributed by atoms with E-state index >= 15 is 0 Å². The predicted octanol–water partition coefficient (Wildman–Crippen LogP) is 3.91. The van der Waals surface area contributed by atoms with E-state index < -0.39 is 52.4 Å². The van der Waals surface area contributed by atoms with Crippen molar-refractivity contribution in [2.24, 2.45) is 11.7 Å². The minimum atomic E-state index is -4.88. The van der Waals surface area contributed by atoms with Crippen LogP contribution in [0.15, 0.2) is 24.0 Å². The summed E-state index contributed by atoms with van der Waals surface area (Å²) in [6, 6.07) is -2.96. The van der Waals surface area contributed by atoms with Crippen LogP contribution in [0.2, 0.25) is 5.02 Å². The molecule has 2 rings (SSSR count). The molecule has 2 atom stereocenters. The average Bonchev–Trinajstić information content (AvgIpc) is 2.85. The molecule has 2 unspecified atom stereocenters. The van der Waals surface area contributed by atoms with E-state index in [0.717, 1.165) is 16.2 Å². The van der Waals surface area contributed by atoms with E-state index in [9.17, 15) is 31.1 Å². The number of pyridine rings is 1. The predicted molar refractivity (Wildman–Crippen MR) is 88.6 cm³/mol. The molecule has 5 nitrogen and oxygen atoms in total. The highest BCUT2D eigenvalue weighted by molar-refractivity contribution is 6.31. The van der Waals surface area contributed by atoms with Crippen molar-refractivity contribution < 1.29 is 31.1 Å². The van der Waals surface area contributed by atoms with E-state index in [1.807, 2.05) is 0 Å². The van der Waals surface area contributed by atoms with Crippen molar-refractivity contribution in [3.8, 4) is 0 Å². The van der Waals surface area contributed by atoms with Crippen LogP contribution in [-0.2, 0) is 11.0 Å². The SMILES string of the molecule is CC(C)C(c1ncc(C(F)(F)F)cc1Cl)N1C(C(F)(F)F)C(C(N)=O)=CN1C. The van der Waals surface area contributed by atoms with Crippen molar-refractivity contribution in [1.29, 1.82) is 0 Å². The molecule has 1 aliphatic rings. The number of rotatable bonds is 4. The van der Waals surface area contributed by atoms with Gasteiger partial charge in [0.2, 0.25) is 5.91 Å². The molecular weight excluding hydrogens is 414 g/mol. The Hall–Kier alpha value is -2.01. The van der Waals surface area contributed by atoms with Crippen LogP contribution in [0.3, 0.4) is 0 Å². The van der Waals surface area contributed by atoms with Crippen molar-refractivity contribution in [3.05, 3.63) is 40.3 Å². The number of hydrazine groups is 1. The molecule has 0 aromatic carbocycles. The highest BCUT2D eigenvalue weighted by Crippen LogP contribution is 2.44. The first-order valence-corrected chi connectivity index (χ1v) is 8.36. The quantitative estimate of drug-likeness (QED) is 0.736. The van der Waals surface area contributed by atoms with Gasteiger partial charge in [-0.15, -0.1) is 0 Å². The number of alkyl halides is 6. The standard InChI is InChI=1S/C16H17ClF6N4O/c1-7(2)12(11-10(17)4-8(5-25-11)15(18,19)20)27-13(16(21,22)23)9(14(24)28)6-26(27)3/h4-7,12-13H,1-3H3,(H2,24,28). The number of halogens is 7. The van der Waals surface area contributed by atoms with E-state index in [0.29, 0.717) is 12.3 Å². The molecule has 0 saturated carbocycles. The van der Waals surface area contributed by atoms with Crippen molar-refractivity contribution in [3.63, 3.8) is 0 Å². The Bertz CT molecular complexity index is 792. The molecule has 0 radical (unpaired) electrons. The van der Waals surface area contributed by atoms with Gasteiger partial charge in [0, 0.05) is 19.4 Å². The number of primary amides is 1. The fraction of sp³-hybridized carbons (Fsp3) is 0.500. The molecule has 1 amide bonds. The minimum Gasteiger partial charge on any atom is -0.366 e. The van der Waals surface area contributed by atoms with Crippen molar-refractivity contribution >= 4 is 17.5 Å². The fourth-order valence-electron chi connectivity index (χ4n) is 3.11. The lowest BCUT2D eigenvalue weighted by Crippen LogP contribution is -2.52. The molecule has 1 aliphatic heterocycles. The normalized spacial score (nSPS) is 19.9. The van der Waals surface area contributed by atoms with E-state index in [2.05, 4.69) is 4.98 Å². The molecule has 0 fully saturated rings. The zero-order valence-electron chi connectivity index (χ0n) is 14.9. The molecule has 2 heterocycles. The van der Waals surface area contributed by atoms with Gasteiger partial charge >= 0.3 is 12.4 Å². The Morgan fingerprint density at radius 2 is 1.82 bits per heavy atom. The summed E-state index contributed by atoms with van der Waals surface area (Å²) in [7, 11) is 1.27. The number of aromatic nitrogens is 1. The van der Waals surface area contributed by atoms with Gasteiger partial charge in [-0.3, -0.25) is 9.78 Å². The van der Waals surface area contributed by atoms with Gasteiger partial charge in [0.05, 0.1) is 27.9 Å². The maximum atomic E-state index is 13.7. The third-order valence-corrected chi connectivity index (χ3v) is 4.54. The van der Waals surface area contributed by atoms with Crippen LogP contribution in [0, 0.1) is 5.92 Å². The van der Waals surface area contributed by atoms with Crippen molar-refractivity contribution in [1.82, 2.24) is 15.0 Å². The lowest BCUT2D eigenvalue weighted by Gasteiger charge is -2.40. The maximum Gasteiger partial charge on any atom is 0.417 e. The Kier molecular flexibility index (Phi) is 5.91. The number of hydrogen-bond donors (Lipinski definition) is 1. The monoisotopic (exact) mass is 430 g/mol. The summed E-state index contributed by atoms with van der Waals surface area (Å²) in [6.45, 7) is 3.12. The summed E-state index contributed by atoms with van der Waals surface area (Å²) in [5.41, 5.74) is 3.10. The third-order valence-electron chi connectivity index (χ3n) is 4.24. The van der Waals surface area contributed by atoms with E-state index in [1.165, 1.54) is 7.05 Å². The van der Waals surface area contributed by atoms with Crippen molar-refractivity contribution in [2.45, 2.75) is 38.3 Å². The zero-order chi connectivity index (χ0) is 21.6. The van der Waals surface area contributed by atoms with Gasteiger partial charge in [0.1, 0.15) is 0 Å². The molecule has 12 heteroatoms. The molecule has 1 aromatic rings. The van der Waals surface area contributed by atoms with E-state index in [4.69, 9.17) is 17.3 Å². The molecular formula is C16H17ClF6N4O. The number of carbonyl (C=O) groups is 1. The largest absolute Gasteiger partial charge is 0.417 e. The molecule has 0 bridgehead atoms. The maximum absolute atomic E-state index is 13.7. The summed E-state index contributed by atoms with van der Waals surface area (Å²) in [6.07, 6.45) is -8.13. The molecule has 2 N–H and O–H groups in total. The molecule has 156 valence electrons. The number of hydrogen-bond acceptors (Lipinski definition) is 4. The van der Waals surface area contributed by atoms with E-state index in [-0.39, 0.29) is 5.69 Å². The Morgan fingerprint density at radius 3 is 2.21 bits per heavy atom. The minimum absolute atomic E-state index is 0.176. The number of nitrogens with two attached hydrogens (primary N) is 1. The van der Waals surface area contributed by atoms with Crippen LogP contribution >= 0.6 is 11.6 Å². The summed E-state index contributed by atoms with van der Waals surface area (Å²) >= 11 is 5.96. The molecule has 0 aliphatic carbocycles. The van der Waals surface area contributed by atoms with Gasteiger partial charge in [-0.2, -0.15) is 31.4 Å². The summed E-state index contributed by atoms with van der Waals surface area (Å²) in [4.78, 5) is 15.2. The second kappa shape index (κ2) is 7.43. The van der Waals surface area contributed by atoms with Crippen molar-refractivity contribution in [2.75, 3.05) is 7.05 Å². The first-order chi connectivity index (χ1) is 12.7. The second-order valence-electron chi connectivity index (χ2n) is 6.62. The lowest BCUT2D eigenvalue weighted by atomic mass is 9.96. The zero-order valence-corrected chi connectivity index (χ0v) is 15.7. The smallest absolute Gasteiger partial charge is 0.366 e. The highest BCUT2D eigenvalue weighted by atomic mass is 35.5. The van der Waals surface area contributed by atoms with Gasteiger partial charge in [-0.25, -0.2) is 0 Å². The van der Waals surface area contributed by atoms with Gasteiger partial charge in [0.15, 0.2) is 6.04 Å². The number of nitrogens with zero attached hydrogens (tertiary/aromatic N) is 3. The van der Waals surface area contributed by atoms with Gasteiger partial charge in [0.25, 0.3) is 0 Å². The van der Waals surface area contributed by atoms with Crippen LogP contribution in [0.25, 0.3) is 0 Å². The average molecular weight is 431 g/mol. The molecule has 0 saturated heterocycles. The first-order valence-electron chi connectivity index (χ1n) is 7.98. The first kappa shape index (κ1) is 22.3. The highest BCUT2D eigenvalue weighted by Gasteiger charge is 2.55.